The van der Waals surface area contributed by atoms with Gasteiger partial charge >= 0.3 is 0 Å². The Morgan fingerprint density at radius 1 is 1.43 bits per heavy atom. The van der Waals surface area contributed by atoms with Crippen molar-refractivity contribution in [1.82, 2.24) is 4.98 Å². The van der Waals surface area contributed by atoms with Gasteiger partial charge < -0.3 is 0 Å². The molecule has 5 heteroatoms. The van der Waals surface area contributed by atoms with E-state index in [2.05, 4.69) is 20.9 Å². The lowest BCUT2D eigenvalue weighted by Crippen LogP contribution is -1.81. The molecule has 72 valence electrons. The monoisotopic (exact) mass is 291 g/mol. The minimum Gasteiger partial charge on any atom is -0.229 e. The summed E-state index contributed by atoms with van der Waals surface area (Å²) in [6.07, 6.45) is 0. The van der Waals surface area contributed by atoms with Crippen molar-refractivity contribution in [2.24, 2.45) is 0 Å². The number of hydrogen-bond acceptors (Lipinski definition) is 2. The zero-order valence-corrected chi connectivity index (χ0v) is 9.96. The van der Waals surface area contributed by atoms with E-state index in [4.69, 9.17) is 11.6 Å². The van der Waals surface area contributed by atoms with Gasteiger partial charge in [-0.25, -0.2) is 9.37 Å². The SMILES string of the molecule is Fc1ccc(-c2csc(Br)n2)c(Cl)c1. The number of hydrogen-bond donors (Lipinski definition) is 0. The van der Waals surface area contributed by atoms with E-state index in [1.807, 2.05) is 5.38 Å². The van der Waals surface area contributed by atoms with Gasteiger partial charge in [-0.3, -0.25) is 0 Å². The molecule has 0 saturated carbocycles. The van der Waals surface area contributed by atoms with Crippen LogP contribution in [0.3, 0.4) is 0 Å². The largest absolute Gasteiger partial charge is 0.229 e. The summed E-state index contributed by atoms with van der Waals surface area (Å²) in [4.78, 5) is 4.20. The van der Waals surface area contributed by atoms with Gasteiger partial charge in [0.15, 0.2) is 3.92 Å². The highest BCUT2D eigenvalue weighted by atomic mass is 79.9. The molecule has 0 bridgehead atoms. The van der Waals surface area contributed by atoms with Crippen LogP contribution in [0, 0.1) is 5.82 Å². The quantitative estimate of drug-likeness (QED) is 0.761. The third-order valence-corrected chi connectivity index (χ3v) is 3.36. The Morgan fingerprint density at radius 2 is 2.21 bits per heavy atom. The third-order valence-electron chi connectivity index (χ3n) is 1.68. The van der Waals surface area contributed by atoms with E-state index in [-0.39, 0.29) is 5.82 Å². The van der Waals surface area contributed by atoms with Crippen molar-refractivity contribution >= 4 is 38.9 Å². The van der Waals surface area contributed by atoms with E-state index in [0.717, 1.165) is 15.2 Å². The first kappa shape index (κ1) is 10.1. The normalized spacial score (nSPS) is 10.5. The van der Waals surface area contributed by atoms with Gasteiger partial charge in [0.1, 0.15) is 5.82 Å². The van der Waals surface area contributed by atoms with E-state index in [1.54, 1.807) is 6.07 Å². The van der Waals surface area contributed by atoms with Crippen LogP contribution in [0.2, 0.25) is 5.02 Å². The Hall–Kier alpha value is -0.450. The molecular formula is C9H4BrClFNS. The van der Waals surface area contributed by atoms with Gasteiger partial charge in [0.05, 0.1) is 10.7 Å². The van der Waals surface area contributed by atoms with Gasteiger partial charge in [0, 0.05) is 10.9 Å². The van der Waals surface area contributed by atoms with Crippen LogP contribution in [-0.4, -0.2) is 4.98 Å². The molecule has 1 heterocycles. The highest BCUT2D eigenvalue weighted by Crippen LogP contribution is 2.30. The molecule has 1 aromatic carbocycles. The van der Waals surface area contributed by atoms with Gasteiger partial charge in [-0.05, 0) is 34.1 Å². The molecule has 0 aliphatic rings. The highest BCUT2D eigenvalue weighted by Gasteiger charge is 2.07. The lowest BCUT2D eigenvalue weighted by atomic mass is 10.2. The van der Waals surface area contributed by atoms with Crippen molar-refractivity contribution in [3.63, 3.8) is 0 Å². The van der Waals surface area contributed by atoms with Gasteiger partial charge in [0.25, 0.3) is 0 Å². The predicted octanol–water partition coefficient (Wildman–Crippen LogP) is 4.37. The molecule has 0 aliphatic heterocycles. The zero-order valence-electron chi connectivity index (χ0n) is 6.80. The van der Waals surface area contributed by atoms with Gasteiger partial charge in [-0.1, -0.05) is 11.6 Å². The Labute approximate surface area is 97.7 Å². The highest BCUT2D eigenvalue weighted by molar-refractivity contribution is 9.11. The van der Waals surface area contributed by atoms with Gasteiger partial charge in [-0.2, -0.15) is 0 Å². The molecular weight excluding hydrogens is 289 g/mol. The number of halogens is 3. The first-order chi connectivity index (χ1) is 6.66. The number of benzene rings is 1. The Bertz CT molecular complexity index is 472. The van der Waals surface area contributed by atoms with Crippen molar-refractivity contribution in [2.45, 2.75) is 0 Å². The Balaban J connectivity index is 2.52. The lowest BCUT2D eigenvalue weighted by Gasteiger charge is -1.99. The first-order valence-corrected chi connectivity index (χ1v) is 5.78. The fourth-order valence-corrected chi connectivity index (χ4v) is 2.35. The molecule has 14 heavy (non-hydrogen) atoms. The van der Waals surface area contributed by atoms with Gasteiger partial charge in [-0.15, -0.1) is 11.3 Å². The molecule has 0 radical (unpaired) electrons. The average molecular weight is 293 g/mol. The number of thiazole rings is 1. The van der Waals surface area contributed by atoms with E-state index in [0.29, 0.717) is 5.02 Å². The molecule has 0 fully saturated rings. The summed E-state index contributed by atoms with van der Waals surface area (Å²) >= 11 is 10.6. The summed E-state index contributed by atoms with van der Waals surface area (Å²) in [7, 11) is 0. The van der Waals surface area contributed by atoms with Crippen LogP contribution in [0.1, 0.15) is 0 Å². The fourth-order valence-electron chi connectivity index (χ4n) is 1.07. The Morgan fingerprint density at radius 3 is 2.79 bits per heavy atom. The van der Waals surface area contributed by atoms with Crippen molar-refractivity contribution < 1.29 is 4.39 Å². The maximum atomic E-state index is 12.8. The fraction of sp³-hybridized carbons (Fsp3) is 0. The summed E-state index contributed by atoms with van der Waals surface area (Å²) in [6.45, 7) is 0. The van der Waals surface area contributed by atoms with E-state index >= 15 is 0 Å². The summed E-state index contributed by atoms with van der Waals surface area (Å²) in [5.41, 5.74) is 1.50. The summed E-state index contributed by atoms with van der Waals surface area (Å²) in [5, 5.41) is 2.24. The standard InChI is InChI=1S/C9H4BrClFNS/c10-9-13-8(4-14-9)6-2-1-5(12)3-7(6)11/h1-4H. The molecule has 0 atom stereocenters. The molecule has 2 aromatic rings. The van der Waals surface area contributed by atoms with Crippen LogP contribution in [0.5, 0.6) is 0 Å². The summed E-state index contributed by atoms with van der Waals surface area (Å²) < 4.78 is 13.5. The minimum atomic E-state index is -0.340. The first-order valence-electron chi connectivity index (χ1n) is 3.73. The minimum absolute atomic E-state index is 0.340. The molecule has 0 N–H and O–H groups in total. The van der Waals surface area contributed by atoms with Crippen LogP contribution in [0.25, 0.3) is 11.3 Å². The van der Waals surface area contributed by atoms with Crippen LogP contribution in [0.4, 0.5) is 4.39 Å². The van der Waals surface area contributed by atoms with Crippen LogP contribution in [0.15, 0.2) is 27.5 Å². The maximum absolute atomic E-state index is 12.8. The smallest absolute Gasteiger partial charge is 0.159 e. The number of rotatable bonds is 1. The zero-order chi connectivity index (χ0) is 10.1. The summed E-state index contributed by atoms with van der Waals surface area (Å²) in [6, 6.07) is 4.28. The van der Waals surface area contributed by atoms with Crippen LogP contribution in [-0.2, 0) is 0 Å². The Kier molecular flexibility index (Phi) is 2.85. The molecule has 1 nitrogen and oxygen atoms in total. The van der Waals surface area contributed by atoms with Crippen LogP contribution < -0.4 is 0 Å². The molecule has 1 aromatic heterocycles. The van der Waals surface area contributed by atoms with E-state index in [1.165, 1.54) is 23.5 Å². The molecule has 0 spiro atoms. The summed E-state index contributed by atoms with van der Waals surface area (Å²) in [5.74, 6) is -0.340. The molecule has 0 amide bonds. The third kappa shape index (κ3) is 1.97. The molecule has 2 rings (SSSR count). The number of aromatic nitrogens is 1. The second-order valence-electron chi connectivity index (χ2n) is 2.61. The molecule has 0 saturated heterocycles. The second kappa shape index (κ2) is 3.96. The average Bonchev–Trinajstić information content (AvgIpc) is 2.51. The van der Waals surface area contributed by atoms with E-state index in [9.17, 15) is 4.39 Å². The molecule has 0 unspecified atom stereocenters. The van der Waals surface area contributed by atoms with Crippen molar-refractivity contribution in [3.8, 4) is 11.3 Å². The molecule has 0 aliphatic carbocycles. The van der Waals surface area contributed by atoms with Crippen molar-refractivity contribution in [3.05, 3.63) is 38.3 Å². The van der Waals surface area contributed by atoms with E-state index < -0.39 is 0 Å². The van der Waals surface area contributed by atoms with Crippen LogP contribution >= 0.6 is 38.9 Å². The lowest BCUT2D eigenvalue weighted by molar-refractivity contribution is 0.628. The van der Waals surface area contributed by atoms with Crippen molar-refractivity contribution in [2.75, 3.05) is 0 Å². The second-order valence-corrected chi connectivity index (χ2v) is 5.15. The predicted molar refractivity (Wildman–Crippen MR) is 60.2 cm³/mol. The number of nitrogens with zero attached hydrogens (tertiary/aromatic N) is 1. The maximum Gasteiger partial charge on any atom is 0.159 e. The van der Waals surface area contributed by atoms with Gasteiger partial charge in [0.2, 0.25) is 0 Å². The van der Waals surface area contributed by atoms with Crippen molar-refractivity contribution in [1.29, 1.82) is 0 Å². The topological polar surface area (TPSA) is 12.9 Å².